The zero-order valence-corrected chi connectivity index (χ0v) is 8.23. The minimum atomic E-state index is -0.492. The lowest BCUT2D eigenvalue weighted by molar-refractivity contribution is 0.248. The van der Waals surface area contributed by atoms with Crippen LogP contribution in [0.5, 0.6) is 0 Å². The summed E-state index contributed by atoms with van der Waals surface area (Å²) < 4.78 is 0. The van der Waals surface area contributed by atoms with Crippen molar-refractivity contribution in [3.63, 3.8) is 0 Å². The first-order valence-electron chi connectivity index (χ1n) is 3.88. The van der Waals surface area contributed by atoms with Gasteiger partial charge in [0.15, 0.2) is 0 Å². The lowest BCUT2D eigenvalue weighted by Gasteiger charge is -2.02. The Hall–Kier alpha value is -1.16. The lowest BCUT2D eigenvalue weighted by Crippen LogP contribution is -2.28. The van der Waals surface area contributed by atoms with E-state index < -0.39 is 6.03 Å². The number of amides is 2. The highest BCUT2D eigenvalue weighted by Gasteiger charge is 1.94. The van der Waals surface area contributed by atoms with E-state index in [0.29, 0.717) is 6.54 Å². The molecule has 0 saturated carbocycles. The summed E-state index contributed by atoms with van der Waals surface area (Å²) in [6.07, 6.45) is 2.02. The van der Waals surface area contributed by atoms with Gasteiger partial charge in [-0.25, -0.2) is 4.79 Å². The average molecular weight is 196 g/mol. The highest BCUT2D eigenvalue weighted by atomic mass is 32.2. The first-order chi connectivity index (χ1) is 6.22. The molecule has 0 bridgehead atoms. The molecule has 0 spiro atoms. The van der Waals surface area contributed by atoms with Crippen LogP contribution in [0.2, 0.25) is 0 Å². The van der Waals surface area contributed by atoms with Crippen molar-refractivity contribution in [1.82, 2.24) is 5.32 Å². The molecule has 0 unspecified atom stereocenters. The van der Waals surface area contributed by atoms with Gasteiger partial charge in [-0.15, -0.1) is 11.8 Å². The van der Waals surface area contributed by atoms with Gasteiger partial charge in [0.25, 0.3) is 0 Å². The van der Waals surface area contributed by atoms with Crippen LogP contribution in [0, 0.1) is 0 Å². The summed E-state index contributed by atoms with van der Waals surface area (Å²) in [4.78, 5) is 11.6. The molecule has 0 fully saturated rings. The van der Waals surface area contributed by atoms with E-state index in [9.17, 15) is 4.79 Å². The fraction of sp³-hybridized carbons (Fsp3) is 0.222. The summed E-state index contributed by atoms with van der Waals surface area (Å²) in [5.41, 5.74) is 5.99. The molecule has 0 heterocycles. The number of nitrogens with two attached hydrogens (primary N) is 1. The maximum absolute atomic E-state index is 10.4. The third-order valence-electron chi connectivity index (χ3n) is 1.63. The molecule has 0 aliphatic carbocycles. The molecule has 70 valence electrons. The molecule has 0 saturated heterocycles. The SMILES string of the molecule is CSc1ccc(CNC(N)=O)cc1. The fourth-order valence-corrected chi connectivity index (χ4v) is 1.34. The van der Waals surface area contributed by atoms with E-state index in [1.807, 2.05) is 30.5 Å². The van der Waals surface area contributed by atoms with Crippen molar-refractivity contribution in [2.24, 2.45) is 5.73 Å². The Kier molecular flexibility index (Phi) is 3.64. The van der Waals surface area contributed by atoms with Crippen LogP contribution in [0.25, 0.3) is 0 Å². The van der Waals surface area contributed by atoms with Crippen LogP contribution in [0.3, 0.4) is 0 Å². The molecule has 4 heteroatoms. The number of hydrogen-bond acceptors (Lipinski definition) is 2. The van der Waals surface area contributed by atoms with Gasteiger partial charge in [0.2, 0.25) is 0 Å². The molecule has 0 aliphatic heterocycles. The number of rotatable bonds is 3. The van der Waals surface area contributed by atoms with Crippen LogP contribution in [-0.2, 0) is 6.54 Å². The largest absolute Gasteiger partial charge is 0.352 e. The highest BCUT2D eigenvalue weighted by Crippen LogP contribution is 2.14. The van der Waals surface area contributed by atoms with Gasteiger partial charge in [-0.2, -0.15) is 0 Å². The molecule has 2 amide bonds. The fourth-order valence-electron chi connectivity index (χ4n) is 0.933. The Morgan fingerprint density at radius 2 is 2.08 bits per heavy atom. The first-order valence-corrected chi connectivity index (χ1v) is 5.11. The van der Waals surface area contributed by atoms with Gasteiger partial charge in [-0.05, 0) is 24.0 Å². The van der Waals surface area contributed by atoms with Gasteiger partial charge in [0.1, 0.15) is 0 Å². The van der Waals surface area contributed by atoms with E-state index in [-0.39, 0.29) is 0 Å². The molecule has 3 nitrogen and oxygen atoms in total. The second kappa shape index (κ2) is 4.77. The number of hydrogen-bond donors (Lipinski definition) is 2. The first kappa shape index (κ1) is 9.92. The van der Waals surface area contributed by atoms with Crippen molar-refractivity contribution >= 4 is 17.8 Å². The van der Waals surface area contributed by atoms with Gasteiger partial charge < -0.3 is 11.1 Å². The van der Waals surface area contributed by atoms with Crippen LogP contribution in [0.4, 0.5) is 4.79 Å². The van der Waals surface area contributed by atoms with Crippen molar-refractivity contribution < 1.29 is 4.79 Å². The molecular formula is C9H12N2OS. The molecular weight excluding hydrogens is 184 g/mol. The van der Waals surface area contributed by atoms with E-state index in [1.165, 1.54) is 4.90 Å². The molecule has 3 N–H and O–H groups in total. The molecule has 0 aromatic heterocycles. The molecule has 1 aromatic rings. The van der Waals surface area contributed by atoms with Gasteiger partial charge in [0, 0.05) is 11.4 Å². The Balaban J connectivity index is 2.54. The van der Waals surface area contributed by atoms with E-state index in [1.54, 1.807) is 11.8 Å². The maximum Gasteiger partial charge on any atom is 0.312 e. The van der Waals surface area contributed by atoms with E-state index in [4.69, 9.17) is 5.73 Å². The summed E-state index contributed by atoms with van der Waals surface area (Å²) >= 11 is 1.69. The van der Waals surface area contributed by atoms with Crippen LogP contribution in [0.15, 0.2) is 29.2 Å². The minimum absolute atomic E-state index is 0.490. The van der Waals surface area contributed by atoms with Crippen LogP contribution < -0.4 is 11.1 Å². The molecule has 0 aliphatic rings. The molecule has 1 aromatic carbocycles. The second-order valence-electron chi connectivity index (χ2n) is 2.57. The number of carbonyl (C=O) groups excluding carboxylic acids is 1. The number of benzene rings is 1. The Morgan fingerprint density at radius 1 is 1.46 bits per heavy atom. The second-order valence-corrected chi connectivity index (χ2v) is 3.45. The van der Waals surface area contributed by atoms with Crippen molar-refractivity contribution in [2.75, 3.05) is 6.26 Å². The highest BCUT2D eigenvalue weighted by molar-refractivity contribution is 7.98. The number of urea groups is 1. The van der Waals surface area contributed by atoms with Gasteiger partial charge in [-0.1, -0.05) is 12.1 Å². The van der Waals surface area contributed by atoms with Crippen molar-refractivity contribution in [2.45, 2.75) is 11.4 Å². The Bertz CT molecular complexity index is 284. The maximum atomic E-state index is 10.4. The zero-order chi connectivity index (χ0) is 9.68. The number of primary amides is 1. The van der Waals surface area contributed by atoms with E-state index in [2.05, 4.69) is 5.32 Å². The zero-order valence-electron chi connectivity index (χ0n) is 7.41. The summed E-state index contributed by atoms with van der Waals surface area (Å²) in [6.45, 7) is 0.490. The summed E-state index contributed by atoms with van der Waals surface area (Å²) in [6, 6.07) is 7.49. The molecule has 13 heavy (non-hydrogen) atoms. The third-order valence-corrected chi connectivity index (χ3v) is 2.37. The summed E-state index contributed by atoms with van der Waals surface area (Å²) in [5.74, 6) is 0. The molecule has 1 rings (SSSR count). The average Bonchev–Trinajstić information content (AvgIpc) is 2.15. The quantitative estimate of drug-likeness (QED) is 0.721. The van der Waals surface area contributed by atoms with Crippen molar-refractivity contribution in [1.29, 1.82) is 0 Å². The third kappa shape index (κ3) is 3.38. The standard InChI is InChI=1S/C9H12N2OS/c1-13-8-4-2-7(3-5-8)6-11-9(10)12/h2-5H,6H2,1H3,(H3,10,11,12). The van der Waals surface area contributed by atoms with Gasteiger partial charge in [0.05, 0.1) is 0 Å². The lowest BCUT2D eigenvalue weighted by atomic mass is 10.2. The Labute approximate surface area is 81.7 Å². The number of carbonyl (C=O) groups is 1. The smallest absolute Gasteiger partial charge is 0.312 e. The predicted octanol–water partition coefficient (Wildman–Crippen LogP) is 1.58. The van der Waals surface area contributed by atoms with E-state index >= 15 is 0 Å². The minimum Gasteiger partial charge on any atom is -0.352 e. The Morgan fingerprint density at radius 3 is 2.54 bits per heavy atom. The van der Waals surface area contributed by atoms with Gasteiger partial charge >= 0.3 is 6.03 Å². The normalized spacial score (nSPS) is 9.62. The van der Waals surface area contributed by atoms with Crippen LogP contribution >= 0.6 is 11.8 Å². The van der Waals surface area contributed by atoms with Gasteiger partial charge in [-0.3, -0.25) is 0 Å². The monoisotopic (exact) mass is 196 g/mol. The number of thioether (sulfide) groups is 1. The summed E-state index contributed by atoms with van der Waals surface area (Å²) in [7, 11) is 0. The van der Waals surface area contributed by atoms with Crippen molar-refractivity contribution in [3.05, 3.63) is 29.8 Å². The number of nitrogens with one attached hydrogen (secondary N) is 1. The summed E-state index contributed by atoms with van der Waals surface area (Å²) in [5, 5.41) is 2.53. The molecule has 0 radical (unpaired) electrons. The van der Waals surface area contributed by atoms with Crippen molar-refractivity contribution in [3.8, 4) is 0 Å². The predicted molar refractivity (Wildman–Crippen MR) is 54.6 cm³/mol. The van der Waals surface area contributed by atoms with Crippen LogP contribution in [-0.4, -0.2) is 12.3 Å². The topological polar surface area (TPSA) is 55.1 Å². The van der Waals surface area contributed by atoms with Crippen LogP contribution in [0.1, 0.15) is 5.56 Å². The van der Waals surface area contributed by atoms with E-state index in [0.717, 1.165) is 5.56 Å². The molecule has 0 atom stereocenters.